The lowest BCUT2D eigenvalue weighted by Gasteiger charge is -2.25. The number of aryl methyl sites for hydroxylation is 1. The third-order valence-corrected chi connectivity index (χ3v) is 6.33. The first-order valence-electron chi connectivity index (χ1n) is 12.7. The van der Waals surface area contributed by atoms with E-state index in [-0.39, 0.29) is 23.7 Å². The number of aliphatic hydroxyl groups excluding tert-OH is 1. The van der Waals surface area contributed by atoms with Gasteiger partial charge in [-0.1, -0.05) is 26.0 Å². The molecule has 0 spiro atoms. The summed E-state index contributed by atoms with van der Waals surface area (Å²) in [5.74, 6) is -1.48. The molecule has 2 N–H and O–H groups in total. The van der Waals surface area contributed by atoms with Crippen molar-refractivity contribution in [3.8, 4) is 11.5 Å². The maximum absolute atomic E-state index is 13.4. The van der Waals surface area contributed by atoms with Crippen LogP contribution in [0.5, 0.6) is 11.5 Å². The molecule has 4 rings (SSSR count). The highest BCUT2D eigenvalue weighted by atomic mass is 16.5. The second-order valence-corrected chi connectivity index (χ2v) is 9.71. The summed E-state index contributed by atoms with van der Waals surface area (Å²) in [6, 6.07) is 16.3. The Balaban J connectivity index is 1.81. The lowest BCUT2D eigenvalue weighted by Crippen LogP contribution is -2.29. The predicted molar refractivity (Wildman–Crippen MR) is 147 cm³/mol. The van der Waals surface area contributed by atoms with E-state index in [4.69, 9.17) is 9.47 Å². The summed E-state index contributed by atoms with van der Waals surface area (Å²) in [5, 5.41) is 21.2. The number of Topliss-reactive ketones (excluding diaryl/α,β-unsaturated/α-hetero) is 1. The molecular weight excluding hydrogens is 498 g/mol. The van der Waals surface area contributed by atoms with Crippen LogP contribution in [-0.4, -0.2) is 41.1 Å². The van der Waals surface area contributed by atoms with Gasteiger partial charge in [0.25, 0.3) is 11.7 Å². The van der Waals surface area contributed by atoms with Gasteiger partial charge in [-0.05, 0) is 85.5 Å². The number of hydrogen-bond donors (Lipinski definition) is 2. The summed E-state index contributed by atoms with van der Waals surface area (Å²) in [6.07, 6.45) is 0. The minimum Gasteiger partial charge on any atom is -0.508 e. The van der Waals surface area contributed by atoms with Gasteiger partial charge in [-0.2, -0.15) is 0 Å². The normalized spacial score (nSPS) is 16.5. The Hall–Kier alpha value is -4.59. The van der Waals surface area contributed by atoms with Crippen LogP contribution in [0.1, 0.15) is 53.9 Å². The van der Waals surface area contributed by atoms with Crippen LogP contribution < -0.4 is 9.64 Å². The molecule has 8 heteroatoms. The van der Waals surface area contributed by atoms with Gasteiger partial charge >= 0.3 is 5.97 Å². The molecule has 1 amide bonds. The number of phenols is 1. The summed E-state index contributed by atoms with van der Waals surface area (Å²) >= 11 is 0. The Morgan fingerprint density at radius 1 is 0.974 bits per heavy atom. The average Bonchev–Trinajstić information content (AvgIpc) is 3.18. The number of phenolic OH excluding ortho intramolecular Hbond substituents is 1. The molecule has 0 saturated carbocycles. The SMILES string of the molecule is CCOC(=O)c1ccc(N2C(=O)C(=O)/C(=C(\O)c3ccc(OCC(C)C)c(C)c3)C2c2ccc(O)cc2)cc1. The van der Waals surface area contributed by atoms with E-state index in [0.717, 1.165) is 5.56 Å². The smallest absolute Gasteiger partial charge is 0.338 e. The number of nitrogens with zero attached hydrogens (tertiary/aromatic N) is 1. The van der Waals surface area contributed by atoms with Crippen molar-refractivity contribution in [1.29, 1.82) is 0 Å². The Kier molecular flexibility index (Phi) is 8.04. The number of amides is 1. The lowest BCUT2D eigenvalue weighted by molar-refractivity contribution is -0.132. The number of ether oxygens (including phenoxy) is 2. The van der Waals surface area contributed by atoms with E-state index >= 15 is 0 Å². The maximum atomic E-state index is 13.4. The van der Waals surface area contributed by atoms with Crippen LogP contribution in [0.4, 0.5) is 5.69 Å². The number of anilines is 1. The molecule has 1 heterocycles. The van der Waals surface area contributed by atoms with Crippen molar-refractivity contribution < 1.29 is 34.1 Å². The summed E-state index contributed by atoms with van der Waals surface area (Å²) in [4.78, 5) is 40.1. The highest BCUT2D eigenvalue weighted by Gasteiger charge is 2.47. The topological polar surface area (TPSA) is 113 Å². The molecular formula is C31H31NO7. The number of ketones is 1. The van der Waals surface area contributed by atoms with E-state index in [1.54, 1.807) is 49.4 Å². The van der Waals surface area contributed by atoms with Crippen LogP contribution in [0, 0.1) is 12.8 Å². The molecule has 1 aliphatic rings. The van der Waals surface area contributed by atoms with Gasteiger partial charge in [0.05, 0.1) is 30.4 Å². The van der Waals surface area contributed by atoms with E-state index in [0.29, 0.717) is 40.7 Å². The zero-order valence-electron chi connectivity index (χ0n) is 22.3. The molecule has 202 valence electrons. The molecule has 1 aliphatic heterocycles. The third-order valence-electron chi connectivity index (χ3n) is 6.33. The number of benzene rings is 3. The fourth-order valence-electron chi connectivity index (χ4n) is 4.41. The second kappa shape index (κ2) is 11.4. The fourth-order valence-corrected chi connectivity index (χ4v) is 4.41. The van der Waals surface area contributed by atoms with Crippen molar-refractivity contribution >= 4 is 29.1 Å². The van der Waals surface area contributed by atoms with E-state index in [1.165, 1.54) is 29.2 Å². The highest BCUT2D eigenvalue weighted by Crippen LogP contribution is 2.42. The van der Waals surface area contributed by atoms with Crippen LogP contribution >= 0.6 is 0 Å². The Morgan fingerprint density at radius 3 is 2.21 bits per heavy atom. The van der Waals surface area contributed by atoms with Crippen molar-refractivity contribution in [1.82, 2.24) is 0 Å². The van der Waals surface area contributed by atoms with Gasteiger partial charge in [0, 0.05) is 11.3 Å². The van der Waals surface area contributed by atoms with Gasteiger partial charge in [0.2, 0.25) is 0 Å². The van der Waals surface area contributed by atoms with Gasteiger partial charge in [0.15, 0.2) is 0 Å². The van der Waals surface area contributed by atoms with Gasteiger partial charge in [-0.3, -0.25) is 14.5 Å². The summed E-state index contributed by atoms with van der Waals surface area (Å²) < 4.78 is 10.9. The summed E-state index contributed by atoms with van der Waals surface area (Å²) in [7, 11) is 0. The highest BCUT2D eigenvalue weighted by molar-refractivity contribution is 6.51. The van der Waals surface area contributed by atoms with Gasteiger partial charge in [0.1, 0.15) is 17.3 Å². The average molecular weight is 530 g/mol. The van der Waals surface area contributed by atoms with Gasteiger partial charge in [-0.25, -0.2) is 4.79 Å². The molecule has 1 atom stereocenters. The van der Waals surface area contributed by atoms with E-state index in [1.807, 2.05) is 20.8 Å². The van der Waals surface area contributed by atoms with Crippen LogP contribution in [0.3, 0.4) is 0 Å². The second-order valence-electron chi connectivity index (χ2n) is 9.71. The predicted octanol–water partition coefficient (Wildman–Crippen LogP) is 5.54. The fraction of sp³-hybridized carbons (Fsp3) is 0.258. The molecule has 3 aromatic carbocycles. The van der Waals surface area contributed by atoms with Crippen LogP contribution in [-0.2, 0) is 14.3 Å². The van der Waals surface area contributed by atoms with Crippen LogP contribution in [0.2, 0.25) is 0 Å². The first-order valence-corrected chi connectivity index (χ1v) is 12.7. The number of carbonyl (C=O) groups is 3. The Morgan fingerprint density at radius 2 is 1.62 bits per heavy atom. The molecule has 0 bridgehead atoms. The van der Waals surface area contributed by atoms with E-state index < -0.39 is 23.7 Å². The van der Waals surface area contributed by atoms with E-state index in [2.05, 4.69) is 0 Å². The molecule has 3 aromatic rings. The molecule has 1 unspecified atom stereocenters. The quantitative estimate of drug-likeness (QED) is 0.171. The number of rotatable bonds is 8. The Bertz CT molecular complexity index is 1420. The number of aliphatic hydroxyl groups is 1. The number of esters is 1. The van der Waals surface area contributed by atoms with Crippen molar-refractivity contribution in [3.63, 3.8) is 0 Å². The number of aromatic hydroxyl groups is 1. The van der Waals surface area contributed by atoms with Crippen molar-refractivity contribution in [2.75, 3.05) is 18.1 Å². The summed E-state index contributed by atoms with van der Waals surface area (Å²) in [5.41, 5.74) is 2.21. The third kappa shape index (κ3) is 5.65. The minimum atomic E-state index is -0.976. The zero-order chi connectivity index (χ0) is 28.3. The number of carbonyl (C=O) groups excluding carboxylic acids is 3. The molecule has 0 radical (unpaired) electrons. The first kappa shape index (κ1) is 27.4. The minimum absolute atomic E-state index is 0.0158. The van der Waals surface area contributed by atoms with Crippen molar-refractivity contribution in [3.05, 3.63) is 94.6 Å². The van der Waals surface area contributed by atoms with Crippen molar-refractivity contribution in [2.45, 2.75) is 33.7 Å². The lowest BCUT2D eigenvalue weighted by atomic mass is 9.94. The molecule has 1 fully saturated rings. The first-order chi connectivity index (χ1) is 18.6. The van der Waals surface area contributed by atoms with E-state index in [9.17, 15) is 24.6 Å². The molecule has 0 aliphatic carbocycles. The van der Waals surface area contributed by atoms with Crippen LogP contribution in [0.25, 0.3) is 5.76 Å². The number of hydrogen-bond acceptors (Lipinski definition) is 7. The van der Waals surface area contributed by atoms with Crippen LogP contribution in [0.15, 0.2) is 72.3 Å². The molecule has 1 saturated heterocycles. The summed E-state index contributed by atoms with van der Waals surface area (Å²) in [6.45, 7) is 8.39. The largest absolute Gasteiger partial charge is 0.508 e. The maximum Gasteiger partial charge on any atom is 0.338 e. The monoisotopic (exact) mass is 529 g/mol. The Labute approximate surface area is 227 Å². The molecule has 0 aromatic heterocycles. The van der Waals surface area contributed by atoms with Gasteiger partial charge < -0.3 is 19.7 Å². The van der Waals surface area contributed by atoms with Crippen molar-refractivity contribution in [2.24, 2.45) is 5.92 Å². The molecule has 39 heavy (non-hydrogen) atoms. The molecule has 8 nitrogen and oxygen atoms in total. The van der Waals surface area contributed by atoms with Gasteiger partial charge in [-0.15, -0.1) is 0 Å². The zero-order valence-corrected chi connectivity index (χ0v) is 22.3. The standard InChI is InChI=1S/C31H31NO7/c1-5-38-31(37)21-6-11-23(12-7-21)32-27(20-8-13-24(33)14-9-20)26(29(35)30(32)36)28(34)22-10-15-25(19(4)16-22)39-17-18(2)3/h6-16,18,27,33-34H,5,17H2,1-4H3/b28-26-.